The van der Waals surface area contributed by atoms with Crippen molar-refractivity contribution in [3.63, 3.8) is 0 Å². The summed E-state index contributed by atoms with van der Waals surface area (Å²) in [6.45, 7) is 2.05. The number of hydrazine groups is 1. The van der Waals surface area contributed by atoms with E-state index < -0.39 is 0 Å². The van der Waals surface area contributed by atoms with E-state index in [0.717, 1.165) is 5.69 Å². The Hall–Kier alpha value is -1.06. The van der Waals surface area contributed by atoms with Gasteiger partial charge in [-0.3, -0.25) is 10.3 Å². The van der Waals surface area contributed by atoms with E-state index in [1.165, 1.54) is 5.56 Å². The summed E-state index contributed by atoms with van der Waals surface area (Å²) in [7, 11) is 1.56. The van der Waals surface area contributed by atoms with Crippen LogP contribution in [0.1, 0.15) is 5.56 Å². The van der Waals surface area contributed by atoms with Crippen LogP contribution in [-0.4, -0.2) is 7.11 Å². The summed E-state index contributed by atoms with van der Waals surface area (Å²) in [6.07, 6.45) is 0. The summed E-state index contributed by atoms with van der Waals surface area (Å²) >= 11 is 0. The molecule has 2 N–H and O–H groups in total. The van der Waals surface area contributed by atoms with E-state index in [-0.39, 0.29) is 0 Å². The standard InChI is InChI=1S/C8H12N2O/c1-7-3-5-8(6-4-7)9-10-11-2/h3-6,9-10H,1-2H3. The molecule has 0 aliphatic carbocycles. The topological polar surface area (TPSA) is 33.3 Å². The van der Waals surface area contributed by atoms with Crippen molar-refractivity contribution in [2.24, 2.45) is 0 Å². The van der Waals surface area contributed by atoms with Gasteiger partial charge in [0.15, 0.2) is 0 Å². The van der Waals surface area contributed by atoms with Crippen molar-refractivity contribution in [2.75, 3.05) is 12.5 Å². The molecule has 0 atom stereocenters. The van der Waals surface area contributed by atoms with E-state index in [1.807, 2.05) is 31.2 Å². The van der Waals surface area contributed by atoms with Crippen LogP contribution in [0.25, 0.3) is 0 Å². The van der Waals surface area contributed by atoms with Gasteiger partial charge in [0.25, 0.3) is 0 Å². The maximum atomic E-state index is 4.61. The maximum absolute atomic E-state index is 4.61. The summed E-state index contributed by atoms with van der Waals surface area (Å²) < 4.78 is 0. The molecule has 0 unspecified atom stereocenters. The molecule has 1 aromatic rings. The summed E-state index contributed by atoms with van der Waals surface area (Å²) in [5.41, 5.74) is 7.61. The monoisotopic (exact) mass is 152 g/mol. The van der Waals surface area contributed by atoms with E-state index in [0.29, 0.717) is 0 Å². The number of benzene rings is 1. The average molecular weight is 152 g/mol. The number of anilines is 1. The number of nitrogens with one attached hydrogen (secondary N) is 2. The Morgan fingerprint density at radius 1 is 1.18 bits per heavy atom. The molecule has 0 spiro atoms. The Bertz CT molecular complexity index is 208. The van der Waals surface area contributed by atoms with Gasteiger partial charge in [-0.2, -0.15) is 0 Å². The molecular weight excluding hydrogens is 140 g/mol. The van der Waals surface area contributed by atoms with Gasteiger partial charge >= 0.3 is 0 Å². The first-order chi connectivity index (χ1) is 5.33. The van der Waals surface area contributed by atoms with Gasteiger partial charge in [0.2, 0.25) is 0 Å². The second kappa shape index (κ2) is 3.95. The van der Waals surface area contributed by atoms with Crippen LogP contribution in [0, 0.1) is 6.92 Å². The molecule has 0 radical (unpaired) electrons. The molecule has 11 heavy (non-hydrogen) atoms. The van der Waals surface area contributed by atoms with Crippen LogP contribution in [0.3, 0.4) is 0 Å². The molecule has 60 valence electrons. The van der Waals surface area contributed by atoms with Crippen molar-refractivity contribution in [1.82, 2.24) is 5.59 Å². The van der Waals surface area contributed by atoms with Crippen molar-refractivity contribution >= 4 is 5.69 Å². The zero-order valence-electron chi connectivity index (χ0n) is 6.72. The van der Waals surface area contributed by atoms with Crippen LogP contribution in [0.2, 0.25) is 0 Å². The van der Waals surface area contributed by atoms with Gasteiger partial charge in [-0.1, -0.05) is 17.7 Å². The molecule has 0 aliphatic rings. The van der Waals surface area contributed by atoms with Crippen molar-refractivity contribution in [1.29, 1.82) is 0 Å². The molecule has 0 saturated carbocycles. The Labute approximate surface area is 66.3 Å². The molecule has 3 nitrogen and oxygen atoms in total. The normalized spacial score (nSPS) is 9.64. The lowest BCUT2D eigenvalue weighted by atomic mass is 10.2. The summed E-state index contributed by atoms with van der Waals surface area (Å²) in [5, 5.41) is 0. The number of rotatable bonds is 3. The minimum atomic E-state index is 0.984. The highest BCUT2D eigenvalue weighted by atomic mass is 16.7. The van der Waals surface area contributed by atoms with Gasteiger partial charge in [-0.25, -0.2) is 0 Å². The first kappa shape index (κ1) is 8.04. The lowest BCUT2D eigenvalue weighted by molar-refractivity contribution is 0.111. The fraction of sp³-hybridized carbons (Fsp3) is 0.250. The van der Waals surface area contributed by atoms with Gasteiger partial charge in [0.1, 0.15) is 0 Å². The quantitative estimate of drug-likeness (QED) is 0.643. The Balaban J connectivity index is 2.52. The van der Waals surface area contributed by atoms with E-state index in [1.54, 1.807) is 7.11 Å². The molecule has 0 fully saturated rings. The van der Waals surface area contributed by atoms with E-state index in [2.05, 4.69) is 15.9 Å². The van der Waals surface area contributed by atoms with Crippen molar-refractivity contribution in [3.8, 4) is 0 Å². The third kappa shape index (κ3) is 2.57. The maximum Gasteiger partial charge on any atom is 0.0593 e. The summed E-state index contributed by atoms with van der Waals surface area (Å²) in [5.74, 6) is 0. The Kier molecular flexibility index (Phi) is 2.89. The van der Waals surface area contributed by atoms with Gasteiger partial charge < -0.3 is 0 Å². The van der Waals surface area contributed by atoms with E-state index in [4.69, 9.17) is 0 Å². The van der Waals surface area contributed by atoms with Gasteiger partial charge in [0.05, 0.1) is 12.8 Å². The van der Waals surface area contributed by atoms with Crippen LogP contribution in [0.15, 0.2) is 24.3 Å². The molecule has 0 aromatic heterocycles. The molecule has 0 bridgehead atoms. The van der Waals surface area contributed by atoms with Crippen LogP contribution in [0.4, 0.5) is 5.69 Å². The Morgan fingerprint density at radius 3 is 2.36 bits per heavy atom. The first-order valence-corrected chi connectivity index (χ1v) is 3.43. The third-order valence-electron chi connectivity index (χ3n) is 1.35. The smallest absolute Gasteiger partial charge is 0.0593 e. The third-order valence-corrected chi connectivity index (χ3v) is 1.35. The largest absolute Gasteiger partial charge is 0.299 e. The first-order valence-electron chi connectivity index (χ1n) is 3.43. The van der Waals surface area contributed by atoms with Gasteiger partial charge in [0, 0.05) is 0 Å². The number of aryl methyl sites for hydroxylation is 1. The molecule has 1 aromatic carbocycles. The average Bonchev–Trinajstić information content (AvgIpc) is 2.04. The SMILES string of the molecule is CONNc1ccc(C)cc1. The summed E-state index contributed by atoms with van der Waals surface area (Å²) in [6, 6.07) is 8.00. The predicted octanol–water partition coefficient (Wildman–Crippen LogP) is 1.47. The molecule has 0 heterocycles. The molecule has 0 saturated heterocycles. The van der Waals surface area contributed by atoms with Gasteiger partial charge in [-0.05, 0) is 19.1 Å². The van der Waals surface area contributed by atoms with E-state index >= 15 is 0 Å². The second-order valence-corrected chi connectivity index (χ2v) is 2.30. The van der Waals surface area contributed by atoms with Crippen LogP contribution >= 0.6 is 0 Å². The number of hydrogen-bond acceptors (Lipinski definition) is 3. The molecular formula is C8H12N2O. The minimum absolute atomic E-state index is 0.984. The van der Waals surface area contributed by atoms with Crippen LogP contribution < -0.4 is 11.0 Å². The molecule has 0 aliphatic heterocycles. The van der Waals surface area contributed by atoms with Crippen LogP contribution in [0.5, 0.6) is 0 Å². The van der Waals surface area contributed by atoms with Crippen molar-refractivity contribution in [2.45, 2.75) is 6.92 Å². The fourth-order valence-corrected chi connectivity index (χ4v) is 0.747. The molecule has 3 heteroatoms. The van der Waals surface area contributed by atoms with Crippen molar-refractivity contribution in [3.05, 3.63) is 29.8 Å². The highest BCUT2D eigenvalue weighted by molar-refractivity contribution is 5.42. The zero-order valence-corrected chi connectivity index (χ0v) is 6.72. The second-order valence-electron chi connectivity index (χ2n) is 2.30. The summed E-state index contributed by atoms with van der Waals surface area (Å²) in [4.78, 5) is 4.61. The Morgan fingerprint density at radius 2 is 1.82 bits per heavy atom. The number of hydrogen-bond donors (Lipinski definition) is 2. The van der Waals surface area contributed by atoms with Crippen molar-refractivity contribution < 1.29 is 4.84 Å². The zero-order chi connectivity index (χ0) is 8.10. The highest BCUT2D eigenvalue weighted by Gasteiger charge is 1.87. The lowest BCUT2D eigenvalue weighted by Crippen LogP contribution is -2.19. The van der Waals surface area contributed by atoms with Gasteiger partial charge in [-0.15, -0.1) is 5.59 Å². The fourth-order valence-electron chi connectivity index (χ4n) is 0.747. The van der Waals surface area contributed by atoms with E-state index in [9.17, 15) is 0 Å². The lowest BCUT2D eigenvalue weighted by Gasteiger charge is -2.04. The predicted molar refractivity (Wildman–Crippen MR) is 44.9 cm³/mol. The van der Waals surface area contributed by atoms with Crippen LogP contribution in [-0.2, 0) is 4.84 Å². The molecule has 0 amide bonds. The molecule has 1 rings (SSSR count). The highest BCUT2D eigenvalue weighted by Crippen LogP contribution is 2.06. The minimum Gasteiger partial charge on any atom is -0.299 e.